The van der Waals surface area contributed by atoms with Crippen LogP contribution in [0, 0.1) is 0 Å². The minimum atomic E-state index is -0.0673. The van der Waals surface area contributed by atoms with Gasteiger partial charge in [-0.15, -0.1) is 0 Å². The molecule has 0 amide bonds. The van der Waals surface area contributed by atoms with E-state index >= 15 is 0 Å². The quantitative estimate of drug-likeness (QED) is 0.219. The fraction of sp³-hybridized carbons (Fsp3) is 0. The molecule has 198 valence electrons. The van der Waals surface area contributed by atoms with Gasteiger partial charge in [0.2, 0.25) is 0 Å². The SMILES string of the molecule is O=c1c2ccccc2sc2nc3cc(-c4nc(-c5ccccc5)nc(-c5ccc(-c6ccccc6)cc5)n4)ccc3n12. The predicted molar refractivity (Wildman–Crippen MR) is 169 cm³/mol. The monoisotopic (exact) mass is 559 g/mol. The second-order valence-electron chi connectivity index (χ2n) is 9.95. The van der Waals surface area contributed by atoms with E-state index in [9.17, 15) is 4.79 Å². The lowest BCUT2D eigenvalue weighted by Crippen LogP contribution is -2.11. The maximum atomic E-state index is 13.3. The molecule has 0 saturated heterocycles. The Balaban J connectivity index is 1.28. The van der Waals surface area contributed by atoms with Crippen molar-refractivity contribution in [2.45, 2.75) is 0 Å². The third-order valence-electron chi connectivity index (χ3n) is 7.32. The van der Waals surface area contributed by atoms with Crippen LogP contribution in [0.1, 0.15) is 0 Å². The molecule has 0 bridgehead atoms. The summed E-state index contributed by atoms with van der Waals surface area (Å²) in [5, 5.41) is 0.686. The maximum Gasteiger partial charge on any atom is 0.266 e. The van der Waals surface area contributed by atoms with E-state index < -0.39 is 0 Å². The Labute approximate surface area is 244 Å². The van der Waals surface area contributed by atoms with Crippen molar-refractivity contribution in [2.75, 3.05) is 0 Å². The highest BCUT2D eigenvalue weighted by Gasteiger charge is 2.16. The highest BCUT2D eigenvalue weighted by atomic mass is 32.1. The average molecular weight is 560 g/mol. The summed E-state index contributed by atoms with van der Waals surface area (Å²) in [6.45, 7) is 0. The minimum Gasteiger partial charge on any atom is -0.268 e. The van der Waals surface area contributed by atoms with Crippen molar-refractivity contribution in [3.8, 4) is 45.3 Å². The molecule has 0 aliphatic rings. The fourth-order valence-electron chi connectivity index (χ4n) is 5.21. The molecule has 0 unspecified atom stereocenters. The smallest absolute Gasteiger partial charge is 0.266 e. The van der Waals surface area contributed by atoms with Crippen molar-refractivity contribution in [2.24, 2.45) is 0 Å². The van der Waals surface area contributed by atoms with Crippen LogP contribution in [0.2, 0.25) is 0 Å². The second-order valence-corrected chi connectivity index (χ2v) is 11.0. The van der Waals surface area contributed by atoms with Gasteiger partial charge in [0.05, 0.1) is 16.4 Å². The van der Waals surface area contributed by atoms with Crippen molar-refractivity contribution in [3.63, 3.8) is 0 Å². The van der Waals surface area contributed by atoms with Crippen LogP contribution in [0.15, 0.2) is 132 Å². The molecule has 8 rings (SSSR count). The molecule has 5 aromatic carbocycles. The molecule has 3 aromatic heterocycles. The first kappa shape index (κ1) is 24.3. The lowest BCUT2D eigenvalue weighted by molar-refractivity contribution is 1.07. The Morgan fingerprint density at radius 1 is 0.500 bits per heavy atom. The molecule has 0 aliphatic carbocycles. The third-order valence-corrected chi connectivity index (χ3v) is 8.35. The number of nitrogens with zero attached hydrogens (tertiary/aromatic N) is 5. The van der Waals surface area contributed by atoms with Crippen LogP contribution in [-0.2, 0) is 0 Å². The third kappa shape index (κ3) is 4.15. The van der Waals surface area contributed by atoms with Crippen molar-refractivity contribution < 1.29 is 0 Å². The van der Waals surface area contributed by atoms with Gasteiger partial charge >= 0.3 is 0 Å². The normalized spacial score (nSPS) is 11.4. The lowest BCUT2D eigenvalue weighted by atomic mass is 10.0. The minimum absolute atomic E-state index is 0.0673. The molecular weight excluding hydrogens is 538 g/mol. The van der Waals surface area contributed by atoms with Crippen LogP contribution in [0.3, 0.4) is 0 Å². The van der Waals surface area contributed by atoms with Crippen LogP contribution < -0.4 is 5.56 Å². The molecule has 42 heavy (non-hydrogen) atoms. The van der Waals surface area contributed by atoms with E-state index in [1.807, 2.05) is 103 Å². The summed E-state index contributed by atoms with van der Waals surface area (Å²) < 4.78 is 2.60. The second kappa shape index (κ2) is 9.83. The highest BCUT2D eigenvalue weighted by Crippen LogP contribution is 2.30. The van der Waals surface area contributed by atoms with E-state index in [0.717, 1.165) is 38.0 Å². The van der Waals surface area contributed by atoms with Gasteiger partial charge in [-0.25, -0.2) is 24.3 Å². The summed E-state index contributed by atoms with van der Waals surface area (Å²) in [7, 11) is 0. The zero-order chi connectivity index (χ0) is 28.0. The van der Waals surface area contributed by atoms with Gasteiger partial charge in [-0.3, -0.25) is 4.79 Å². The van der Waals surface area contributed by atoms with Crippen LogP contribution >= 0.6 is 11.3 Å². The van der Waals surface area contributed by atoms with Crippen molar-refractivity contribution in [3.05, 3.63) is 138 Å². The molecule has 0 N–H and O–H groups in total. The van der Waals surface area contributed by atoms with Gasteiger partial charge in [0.1, 0.15) is 0 Å². The molecule has 0 spiro atoms. The van der Waals surface area contributed by atoms with Crippen LogP contribution in [0.4, 0.5) is 0 Å². The average Bonchev–Trinajstić information content (AvgIpc) is 3.43. The molecule has 8 aromatic rings. The van der Waals surface area contributed by atoms with Crippen molar-refractivity contribution >= 4 is 37.4 Å². The zero-order valence-corrected chi connectivity index (χ0v) is 23.0. The van der Waals surface area contributed by atoms with Gasteiger partial charge in [0.15, 0.2) is 22.4 Å². The van der Waals surface area contributed by atoms with Crippen molar-refractivity contribution in [1.82, 2.24) is 24.3 Å². The maximum absolute atomic E-state index is 13.3. The first-order chi connectivity index (χ1) is 20.7. The number of rotatable bonds is 4. The van der Waals surface area contributed by atoms with E-state index in [4.69, 9.17) is 19.9 Å². The number of imidazole rings is 1. The summed E-state index contributed by atoms with van der Waals surface area (Å²) >= 11 is 1.50. The summed E-state index contributed by atoms with van der Waals surface area (Å²) in [5.41, 5.74) is 6.29. The summed E-state index contributed by atoms with van der Waals surface area (Å²) in [6.07, 6.45) is 0. The van der Waals surface area contributed by atoms with Crippen LogP contribution in [0.5, 0.6) is 0 Å². The Morgan fingerprint density at radius 2 is 1.02 bits per heavy atom. The number of hydrogen-bond donors (Lipinski definition) is 0. The predicted octanol–water partition coefficient (Wildman–Crippen LogP) is 7.92. The van der Waals surface area contributed by atoms with Gasteiger partial charge in [0, 0.05) is 21.4 Å². The van der Waals surface area contributed by atoms with Crippen LogP contribution in [-0.4, -0.2) is 24.3 Å². The van der Waals surface area contributed by atoms with Gasteiger partial charge in [0.25, 0.3) is 5.56 Å². The fourth-order valence-corrected chi connectivity index (χ4v) is 6.23. The first-order valence-electron chi connectivity index (χ1n) is 13.5. The molecule has 0 fully saturated rings. The molecule has 0 radical (unpaired) electrons. The van der Waals surface area contributed by atoms with E-state index in [0.29, 0.717) is 33.3 Å². The van der Waals surface area contributed by atoms with Gasteiger partial charge in [-0.2, -0.15) is 0 Å². The number of hydrogen-bond acceptors (Lipinski definition) is 6. The van der Waals surface area contributed by atoms with E-state index in [-0.39, 0.29) is 5.56 Å². The summed E-state index contributed by atoms with van der Waals surface area (Å²) in [5.74, 6) is 1.72. The van der Waals surface area contributed by atoms with E-state index in [2.05, 4.69) is 24.3 Å². The number of fused-ring (bicyclic) bond motifs is 4. The Kier molecular flexibility index (Phi) is 5.68. The first-order valence-corrected chi connectivity index (χ1v) is 14.3. The zero-order valence-electron chi connectivity index (χ0n) is 22.2. The molecular formula is C35H21N5OS. The topological polar surface area (TPSA) is 73.0 Å². The molecule has 6 nitrogen and oxygen atoms in total. The highest BCUT2D eigenvalue weighted by molar-refractivity contribution is 7.23. The van der Waals surface area contributed by atoms with E-state index in [1.54, 1.807) is 4.40 Å². The van der Waals surface area contributed by atoms with Gasteiger partial charge in [-0.1, -0.05) is 108 Å². The van der Waals surface area contributed by atoms with Gasteiger partial charge < -0.3 is 0 Å². The molecule has 7 heteroatoms. The lowest BCUT2D eigenvalue weighted by Gasteiger charge is -2.09. The molecule has 3 heterocycles. The van der Waals surface area contributed by atoms with Crippen LogP contribution in [0.25, 0.3) is 71.4 Å². The molecule has 0 atom stereocenters. The van der Waals surface area contributed by atoms with Crippen molar-refractivity contribution in [1.29, 1.82) is 0 Å². The number of aromatic nitrogens is 5. The Morgan fingerprint density at radius 3 is 1.74 bits per heavy atom. The van der Waals surface area contributed by atoms with Gasteiger partial charge in [-0.05, 0) is 41.5 Å². The largest absolute Gasteiger partial charge is 0.268 e. The molecule has 0 aliphatic heterocycles. The van der Waals surface area contributed by atoms with E-state index in [1.165, 1.54) is 11.3 Å². The molecule has 0 saturated carbocycles. The summed E-state index contributed by atoms with van der Waals surface area (Å²) in [4.78, 5) is 33.5. The standard InChI is InChI=1S/C35H21N5OS/c41-34-27-13-7-8-14-30(27)42-35-36-28-21-26(19-20-29(28)40(34)35)33-38-31(24-11-5-2-6-12-24)37-32(39-33)25-17-15-23(16-18-25)22-9-3-1-4-10-22/h1-21H. The Hall–Kier alpha value is -5.53. The number of benzene rings is 5. The Bertz CT molecular complexity index is 2310. The summed E-state index contributed by atoms with van der Waals surface area (Å²) in [6, 6.07) is 41.9.